The summed E-state index contributed by atoms with van der Waals surface area (Å²) < 4.78 is 0. The zero-order valence-electron chi connectivity index (χ0n) is 9.27. The molecule has 0 saturated carbocycles. The summed E-state index contributed by atoms with van der Waals surface area (Å²) in [7, 11) is 0. The van der Waals surface area contributed by atoms with Crippen LogP contribution in [0.5, 0.6) is 0 Å². The van der Waals surface area contributed by atoms with Crippen LogP contribution in [0.25, 0.3) is 0 Å². The molecule has 1 aliphatic rings. The first-order valence-electron chi connectivity index (χ1n) is 5.37. The van der Waals surface area contributed by atoms with Crippen LogP contribution in [0.3, 0.4) is 0 Å². The summed E-state index contributed by atoms with van der Waals surface area (Å²) in [5.74, 6) is 0. The molecule has 1 aromatic carbocycles. The molecule has 3 nitrogen and oxygen atoms in total. The summed E-state index contributed by atoms with van der Waals surface area (Å²) in [6.45, 7) is 5.29. The number of hydrazine groups is 2. The molecule has 1 N–H and O–H groups in total. The van der Waals surface area contributed by atoms with Crippen molar-refractivity contribution in [3.05, 3.63) is 42.2 Å². The van der Waals surface area contributed by atoms with E-state index in [0.29, 0.717) is 0 Å². The van der Waals surface area contributed by atoms with Gasteiger partial charge in [-0.3, -0.25) is 10.0 Å². The summed E-state index contributed by atoms with van der Waals surface area (Å²) in [4.78, 5) is 0. The lowest BCUT2D eigenvalue weighted by Crippen LogP contribution is -2.39. The smallest absolute Gasteiger partial charge is 0.0589 e. The van der Waals surface area contributed by atoms with E-state index in [4.69, 9.17) is 0 Å². The summed E-state index contributed by atoms with van der Waals surface area (Å²) in [5.41, 5.74) is 5.73. The molecule has 1 heterocycles. The highest BCUT2D eigenvalue weighted by Gasteiger charge is 2.11. The van der Waals surface area contributed by atoms with Gasteiger partial charge >= 0.3 is 0 Å². The summed E-state index contributed by atoms with van der Waals surface area (Å²) in [6.07, 6.45) is 5.24. The van der Waals surface area contributed by atoms with Crippen molar-refractivity contribution in [2.24, 2.45) is 0 Å². The Balaban J connectivity index is 2.02. The summed E-state index contributed by atoms with van der Waals surface area (Å²) in [5, 5.41) is 4.11. The maximum atomic E-state index is 3.28. The Kier molecular flexibility index (Phi) is 2.92. The number of nitrogens with one attached hydrogen (secondary N) is 1. The fourth-order valence-corrected chi connectivity index (χ4v) is 1.57. The first kappa shape index (κ1) is 10.1. The Morgan fingerprint density at radius 3 is 2.53 bits per heavy atom. The van der Waals surface area contributed by atoms with Gasteiger partial charge in [-0.15, -0.1) is 5.53 Å². The largest absolute Gasteiger partial charge is 0.296 e. The van der Waals surface area contributed by atoms with Gasteiger partial charge in [-0.05, 0) is 25.5 Å². The maximum Gasteiger partial charge on any atom is 0.0589 e. The van der Waals surface area contributed by atoms with Gasteiger partial charge in [0.25, 0.3) is 0 Å². The van der Waals surface area contributed by atoms with Gasteiger partial charge in [-0.2, -0.15) is 0 Å². The van der Waals surface area contributed by atoms with Crippen LogP contribution in [-0.2, 0) is 0 Å². The minimum absolute atomic E-state index is 1.03. The number of rotatable bonds is 3. The molecule has 0 spiro atoms. The second kappa shape index (κ2) is 4.36. The van der Waals surface area contributed by atoms with Gasteiger partial charge in [0, 0.05) is 18.9 Å². The highest BCUT2D eigenvalue weighted by molar-refractivity contribution is 5.49. The molecule has 80 valence electrons. The van der Waals surface area contributed by atoms with E-state index in [-0.39, 0.29) is 0 Å². The molecule has 0 radical (unpaired) electrons. The van der Waals surface area contributed by atoms with E-state index in [1.165, 1.54) is 5.56 Å². The third kappa shape index (κ3) is 2.30. The summed E-state index contributed by atoms with van der Waals surface area (Å²) in [6, 6.07) is 8.46. The number of anilines is 1. The van der Waals surface area contributed by atoms with Crippen LogP contribution in [0.15, 0.2) is 36.7 Å². The van der Waals surface area contributed by atoms with Crippen LogP contribution >= 0.6 is 0 Å². The Labute approximate surface area is 90.9 Å². The zero-order chi connectivity index (χ0) is 10.7. The summed E-state index contributed by atoms with van der Waals surface area (Å²) >= 11 is 0. The van der Waals surface area contributed by atoms with Gasteiger partial charge in [-0.1, -0.05) is 24.6 Å². The highest BCUT2D eigenvalue weighted by Crippen LogP contribution is 2.16. The average molecular weight is 203 g/mol. The minimum atomic E-state index is 1.03. The monoisotopic (exact) mass is 203 g/mol. The predicted molar refractivity (Wildman–Crippen MR) is 62.9 cm³/mol. The molecule has 0 aromatic heterocycles. The van der Waals surface area contributed by atoms with Gasteiger partial charge in [0.05, 0.1) is 5.69 Å². The van der Waals surface area contributed by atoms with Crippen molar-refractivity contribution in [3.63, 3.8) is 0 Å². The lowest BCUT2D eigenvalue weighted by molar-refractivity contribution is 0.296. The van der Waals surface area contributed by atoms with E-state index in [9.17, 15) is 0 Å². The maximum absolute atomic E-state index is 3.28. The quantitative estimate of drug-likeness (QED) is 0.814. The second-order valence-electron chi connectivity index (χ2n) is 3.80. The van der Waals surface area contributed by atoms with E-state index >= 15 is 0 Å². The zero-order valence-corrected chi connectivity index (χ0v) is 9.27. The molecule has 0 aliphatic carbocycles. The Morgan fingerprint density at radius 1 is 1.13 bits per heavy atom. The molecular weight excluding hydrogens is 186 g/mol. The molecule has 0 bridgehead atoms. The van der Waals surface area contributed by atoms with Gasteiger partial charge in [0.2, 0.25) is 0 Å². The molecule has 0 saturated heterocycles. The van der Waals surface area contributed by atoms with Crippen molar-refractivity contribution in [1.82, 2.24) is 10.5 Å². The molecule has 3 heteroatoms. The van der Waals surface area contributed by atoms with Crippen LogP contribution in [0.1, 0.15) is 18.9 Å². The van der Waals surface area contributed by atoms with Crippen molar-refractivity contribution in [2.75, 3.05) is 11.6 Å². The number of aryl methyl sites for hydroxylation is 1. The van der Waals surface area contributed by atoms with Crippen molar-refractivity contribution >= 4 is 5.69 Å². The number of nitrogens with zero attached hydrogens (tertiary/aromatic N) is 2. The van der Waals surface area contributed by atoms with Gasteiger partial charge in [0.1, 0.15) is 0 Å². The second-order valence-corrected chi connectivity index (χ2v) is 3.80. The standard InChI is InChI=1S/C12H17N3/c1-3-8-14-9-10-15(13-14)12-6-4-11(2)5-7-12/h4-7,9-10,13H,3,8H2,1-2H3. The molecule has 0 amide bonds. The Morgan fingerprint density at radius 2 is 1.87 bits per heavy atom. The fourth-order valence-electron chi connectivity index (χ4n) is 1.57. The molecule has 2 rings (SSSR count). The Bertz CT molecular complexity index is 342. The molecule has 1 aromatic rings. The van der Waals surface area contributed by atoms with Crippen molar-refractivity contribution in [1.29, 1.82) is 0 Å². The van der Waals surface area contributed by atoms with E-state index < -0.39 is 0 Å². The minimum Gasteiger partial charge on any atom is -0.296 e. The van der Waals surface area contributed by atoms with Crippen molar-refractivity contribution in [3.8, 4) is 0 Å². The van der Waals surface area contributed by atoms with E-state index in [0.717, 1.165) is 18.7 Å². The first-order valence-corrected chi connectivity index (χ1v) is 5.37. The van der Waals surface area contributed by atoms with Crippen LogP contribution in [0.4, 0.5) is 5.69 Å². The lowest BCUT2D eigenvalue weighted by Gasteiger charge is -2.22. The normalized spacial score (nSPS) is 15.1. The van der Waals surface area contributed by atoms with Gasteiger partial charge in [-0.25, -0.2) is 0 Å². The molecule has 0 atom stereocenters. The van der Waals surface area contributed by atoms with Crippen LogP contribution < -0.4 is 10.5 Å². The van der Waals surface area contributed by atoms with Crippen LogP contribution in [-0.4, -0.2) is 11.6 Å². The highest BCUT2D eigenvalue weighted by atomic mass is 15.8. The van der Waals surface area contributed by atoms with Gasteiger partial charge < -0.3 is 0 Å². The molecule has 0 unspecified atom stereocenters. The fraction of sp³-hybridized carbons (Fsp3) is 0.333. The van der Waals surface area contributed by atoms with Crippen molar-refractivity contribution < 1.29 is 0 Å². The first-order chi connectivity index (χ1) is 7.29. The third-order valence-corrected chi connectivity index (χ3v) is 2.41. The predicted octanol–water partition coefficient (Wildman–Crippen LogP) is 2.42. The van der Waals surface area contributed by atoms with E-state index in [1.807, 2.05) is 11.2 Å². The van der Waals surface area contributed by atoms with Crippen molar-refractivity contribution in [2.45, 2.75) is 20.3 Å². The van der Waals surface area contributed by atoms with E-state index in [1.54, 1.807) is 0 Å². The van der Waals surface area contributed by atoms with E-state index in [2.05, 4.69) is 54.9 Å². The Hall–Kier alpha value is -1.48. The number of hydrogen-bond acceptors (Lipinski definition) is 3. The SMILES string of the molecule is CCCN1C=CN(c2ccc(C)cc2)N1. The molecule has 0 fully saturated rings. The number of hydrogen-bond donors (Lipinski definition) is 1. The molecular formula is C12H17N3. The third-order valence-electron chi connectivity index (χ3n) is 2.41. The number of benzene rings is 1. The molecule has 1 aliphatic heterocycles. The topological polar surface area (TPSA) is 18.5 Å². The molecule has 15 heavy (non-hydrogen) atoms. The van der Waals surface area contributed by atoms with Gasteiger partial charge in [0.15, 0.2) is 0 Å². The average Bonchev–Trinajstić information content (AvgIpc) is 2.68. The lowest BCUT2D eigenvalue weighted by atomic mass is 10.2. The van der Waals surface area contributed by atoms with Crippen LogP contribution in [0.2, 0.25) is 0 Å². The van der Waals surface area contributed by atoms with Crippen LogP contribution in [0, 0.1) is 6.92 Å².